The zero-order chi connectivity index (χ0) is 21.7. The third kappa shape index (κ3) is 4.88. The van der Waals surface area contributed by atoms with Gasteiger partial charge in [-0.15, -0.1) is 0 Å². The molecule has 0 aromatic heterocycles. The molecule has 1 N–H and O–H groups in total. The minimum atomic E-state index is -0.412. The number of hydrogen-bond donors (Lipinski definition) is 1. The highest BCUT2D eigenvalue weighted by Crippen LogP contribution is 2.31. The van der Waals surface area contributed by atoms with Crippen LogP contribution < -0.4 is 15.0 Å². The van der Waals surface area contributed by atoms with Crippen LogP contribution in [0.25, 0.3) is 0 Å². The largest absolute Gasteiger partial charge is 0.497 e. The van der Waals surface area contributed by atoms with E-state index in [1.54, 1.807) is 19.2 Å². The van der Waals surface area contributed by atoms with Crippen LogP contribution in [0.2, 0.25) is 0 Å². The molecule has 2 aromatic rings. The van der Waals surface area contributed by atoms with E-state index in [9.17, 15) is 14.9 Å². The average Bonchev–Trinajstić information content (AvgIpc) is 3.28. The van der Waals surface area contributed by atoms with Crippen molar-refractivity contribution in [2.45, 2.75) is 18.9 Å². The third-order valence-corrected chi connectivity index (χ3v) is 5.46. The van der Waals surface area contributed by atoms with Crippen LogP contribution in [0.1, 0.15) is 34.8 Å². The highest BCUT2D eigenvalue weighted by Gasteiger charge is 2.24. The molecule has 0 saturated carbocycles. The standard InChI is InChI=1S/C22H28N4O4/c1-24(2)21(16-6-9-18(30-3)10-7-16)15-23-22(27)17-8-11-19(20(14-17)26(28)29)25-12-4-5-13-25/h6-11,14,21H,4-5,12-13,15H2,1-3H3,(H,23,27). The number of rotatable bonds is 8. The summed E-state index contributed by atoms with van der Waals surface area (Å²) in [5.41, 5.74) is 1.88. The second-order valence-corrected chi connectivity index (χ2v) is 7.62. The van der Waals surface area contributed by atoms with Gasteiger partial charge in [0.05, 0.1) is 18.1 Å². The first-order valence-electron chi connectivity index (χ1n) is 10.0. The fraction of sp³-hybridized carbons (Fsp3) is 0.409. The summed E-state index contributed by atoms with van der Waals surface area (Å²) in [5, 5.41) is 14.5. The van der Waals surface area contributed by atoms with E-state index in [2.05, 4.69) is 5.32 Å². The van der Waals surface area contributed by atoms with E-state index in [0.717, 1.165) is 37.2 Å². The summed E-state index contributed by atoms with van der Waals surface area (Å²) in [6.07, 6.45) is 2.05. The second kappa shape index (κ2) is 9.58. The molecule has 0 radical (unpaired) electrons. The first kappa shape index (κ1) is 21.6. The zero-order valence-corrected chi connectivity index (χ0v) is 17.6. The molecule has 1 saturated heterocycles. The highest BCUT2D eigenvalue weighted by molar-refractivity contribution is 5.95. The number of hydrogen-bond acceptors (Lipinski definition) is 6. The van der Waals surface area contributed by atoms with Crippen LogP contribution in [0, 0.1) is 10.1 Å². The van der Waals surface area contributed by atoms with Crippen molar-refractivity contribution in [3.8, 4) is 5.75 Å². The molecule has 8 heteroatoms. The van der Waals surface area contributed by atoms with Crippen LogP contribution in [0.15, 0.2) is 42.5 Å². The summed E-state index contributed by atoms with van der Waals surface area (Å²) in [4.78, 5) is 27.9. The first-order valence-corrected chi connectivity index (χ1v) is 10.0. The minimum Gasteiger partial charge on any atom is -0.497 e. The monoisotopic (exact) mass is 412 g/mol. The fourth-order valence-corrected chi connectivity index (χ4v) is 3.75. The Balaban J connectivity index is 1.73. The van der Waals surface area contributed by atoms with E-state index in [1.807, 2.05) is 48.2 Å². The van der Waals surface area contributed by atoms with Crippen molar-refractivity contribution in [1.82, 2.24) is 10.2 Å². The summed E-state index contributed by atoms with van der Waals surface area (Å²) < 4.78 is 5.20. The van der Waals surface area contributed by atoms with E-state index >= 15 is 0 Å². The predicted octanol–water partition coefficient (Wildman–Crippen LogP) is 3.24. The van der Waals surface area contributed by atoms with Gasteiger partial charge in [0.1, 0.15) is 11.4 Å². The molecule has 8 nitrogen and oxygen atoms in total. The molecule has 3 rings (SSSR count). The van der Waals surface area contributed by atoms with Gasteiger partial charge in [0.2, 0.25) is 0 Å². The van der Waals surface area contributed by atoms with Gasteiger partial charge >= 0.3 is 0 Å². The molecule has 160 valence electrons. The summed E-state index contributed by atoms with van der Waals surface area (Å²) in [7, 11) is 5.50. The number of nitro benzene ring substituents is 1. The number of carbonyl (C=O) groups is 1. The summed E-state index contributed by atoms with van der Waals surface area (Å²) in [5.74, 6) is 0.442. The van der Waals surface area contributed by atoms with Gasteiger partial charge in [0, 0.05) is 31.3 Å². The Labute approximate surface area is 176 Å². The van der Waals surface area contributed by atoms with Gasteiger partial charge in [0.15, 0.2) is 0 Å². The number of likely N-dealkylation sites (N-methyl/N-ethyl adjacent to an activating group) is 1. The number of anilines is 1. The van der Waals surface area contributed by atoms with E-state index in [1.165, 1.54) is 6.07 Å². The van der Waals surface area contributed by atoms with Gasteiger partial charge in [-0.1, -0.05) is 12.1 Å². The lowest BCUT2D eigenvalue weighted by atomic mass is 10.1. The Bertz CT molecular complexity index is 893. The highest BCUT2D eigenvalue weighted by atomic mass is 16.6. The van der Waals surface area contributed by atoms with Crippen molar-refractivity contribution >= 4 is 17.3 Å². The van der Waals surface area contributed by atoms with Crippen LogP contribution in [0.4, 0.5) is 11.4 Å². The molecule has 1 atom stereocenters. The van der Waals surface area contributed by atoms with Crippen LogP contribution >= 0.6 is 0 Å². The number of amides is 1. The van der Waals surface area contributed by atoms with Crippen LogP contribution in [-0.4, -0.2) is 56.6 Å². The van der Waals surface area contributed by atoms with Crippen molar-refractivity contribution in [3.63, 3.8) is 0 Å². The molecule has 1 heterocycles. The molecule has 0 aliphatic carbocycles. The van der Waals surface area contributed by atoms with E-state index < -0.39 is 4.92 Å². The number of methoxy groups -OCH3 is 1. The minimum absolute atomic E-state index is 0.0242. The number of nitro groups is 1. The van der Waals surface area contributed by atoms with Gasteiger partial charge in [-0.25, -0.2) is 0 Å². The molecule has 1 amide bonds. The Hall–Kier alpha value is -3.13. The molecule has 1 aliphatic heterocycles. The predicted molar refractivity (Wildman–Crippen MR) is 116 cm³/mol. The summed E-state index contributed by atoms with van der Waals surface area (Å²) in [6, 6.07) is 12.4. The van der Waals surface area contributed by atoms with E-state index in [0.29, 0.717) is 12.2 Å². The maximum Gasteiger partial charge on any atom is 0.293 e. The molecule has 30 heavy (non-hydrogen) atoms. The number of benzene rings is 2. The Morgan fingerprint density at radius 3 is 2.43 bits per heavy atom. The van der Waals surface area contributed by atoms with Crippen molar-refractivity contribution in [2.75, 3.05) is 45.7 Å². The smallest absolute Gasteiger partial charge is 0.293 e. The van der Waals surface area contributed by atoms with Gasteiger partial charge in [0.25, 0.3) is 11.6 Å². The van der Waals surface area contributed by atoms with Crippen LogP contribution in [0.5, 0.6) is 5.75 Å². The van der Waals surface area contributed by atoms with Crippen LogP contribution in [-0.2, 0) is 0 Å². The number of nitrogens with zero attached hydrogens (tertiary/aromatic N) is 3. The maximum absolute atomic E-state index is 12.7. The maximum atomic E-state index is 12.7. The Morgan fingerprint density at radius 2 is 1.87 bits per heavy atom. The third-order valence-electron chi connectivity index (χ3n) is 5.46. The lowest BCUT2D eigenvalue weighted by Crippen LogP contribution is -2.34. The van der Waals surface area contributed by atoms with Crippen molar-refractivity contribution in [1.29, 1.82) is 0 Å². The number of carbonyl (C=O) groups excluding carboxylic acids is 1. The SMILES string of the molecule is COc1ccc(C(CNC(=O)c2ccc(N3CCCC3)c([N+](=O)[O-])c2)N(C)C)cc1. The number of nitrogens with one attached hydrogen (secondary N) is 1. The molecular weight excluding hydrogens is 384 g/mol. The molecule has 1 unspecified atom stereocenters. The quantitative estimate of drug-likeness (QED) is 0.529. The van der Waals surface area contributed by atoms with Crippen LogP contribution in [0.3, 0.4) is 0 Å². The summed E-state index contributed by atoms with van der Waals surface area (Å²) >= 11 is 0. The Kier molecular flexibility index (Phi) is 6.89. The topological polar surface area (TPSA) is 87.9 Å². The lowest BCUT2D eigenvalue weighted by molar-refractivity contribution is -0.384. The van der Waals surface area contributed by atoms with E-state index in [4.69, 9.17) is 4.74 Å². The molecule has 0 bridgehead atoms. The molecular formula is C22H28N4O4. The lowest BCUT2D eigenvalue weighted by Gasteiger charge is -2.25. The fourth-order valence-electron chi connectivity index (χ4n) is 3.75. The van der Waals surface area contributed by atoms with E-state index in [-0.39, 0.29) is 23.2 Å². The van der Waals surface area contributed by atoms with Gasteiger partial charge in [-0.3, -0.25) is 14.9 Å². The first-order chi connectivity index (χ1) is 14.4. The normalized spacial score (nSPS) is 14.6. The second-order valence-electron chi connectivity index (χ2n) is 7.62. The zero-order valence-electron chi connectivity index (χ0n) is 17.6. The average molecular weight is 412 g/mol. The van der Waals surface area contributed by atoms with Crippen molar-refractivity contribution < 1.29 is 14.5 Å². The molecule has 0 spiro atoms. The summed E-state index contributed by atoms with van der Waals surface area (Å²) in [6.45, 7) is 1.98. The van der Waals surface area contributed by atoms with Crippen molar-refractivity contribution in [2.24, 2.45) is 0 Å². The Morgan fingerprint density at radius 1 is 1.20 bits per heavy atom. The van der Waals surface area contributed by atoms with Gasteiger partial charge < -0.3 is 19.9 Å². The van der Waals surface area contributed by atoms with Crippen molar-refractivity contribution in [3.05, 3.63) is 63.7 Å². The molecule has 1 fully saturated rings. The van der Waals surface area contributed by atoms with Gasteiger partial charge in [-0.05, 0) is 56.8 Å². The number of ether oxygens (including phenoxy) is 1. The molecule has 2 aromatic carbocycles. The van der Waals surface area contributed by atoms with Gasteiger partial charge in [-0.2, -0.15) is 0 Å². The molecule has 1 aliphatic rings.